The van der Waals surface area contributed by atoms with E-state index in [-0.39, 0.29) is 31.1 Å². The molecule has 0 aromatic heterocycles. The molecule has 0 aliphatic heterocycles. The van der Waals surface area contributed by atoms with Crippen LogP contribution in [0.3, 0.4) is 0 Å². The van der Waals surface area contributed by atoms with Crippen molar-refractivity contribution in [3.8, 4) is 0 Å². The van der Waals surface area contributed by atoms with Gasteiger partial charge in [-0.3, -0.25) is 14.4 Å². The van der Waals surface area contributed by atoms with Gasteiger partial charge in [0.05, 0.1) is 0 Å². The molecule has 0 spiro atoms. The van der Waals surface area contributed by atoms with Crippen molar-refractivity contribution in [1.82, 2.24) is 0 Å². The van der Waals surface area contributed by atoms with Crippen LogP contribution in [0.1, 0.15) is 226 Å². The fraction of sp³-hybridized carbons (Fsp3) is 0.567. The molecule has 0 aliphatic carbocycles. The average molecular weight is 1010 g/mol. The van der Waals surface area contributed by atoms with Crippen LogP contribution in [0.4, 0.5) is 0 Å². The zero-order valence-corrected chi connectivity index (χ0v) is 46.6. The number of carbonyl (C=O) groups is 3. The summed E-state index contributed by atoms with van der Waals surface area (Å²) in [7, 11) is 0. The van der Waals surface area contributed by atoms with Gasteiger partial charge in [-0.1, -0.05) is 256 Å². The smallest absolute Gasteiger partial charge is 0.306 e. The lowest BCUT2D eigenvalue weighted by molar-refractivity contribution is -0.167. The molecule has 0 fully saturated rings. The summed E-state index contributed by atoms with van der Waals surface area (Å²) in [5.74, 6) is -1.00. The number of rotatable bonds is 50. The summed E-state index contributed by atoms with van der Waals surface area (Å²) >= 11 is 0. The molecule has 0 bridgehead atoms. The molecule has 6 heteroatoms. The van der Waals surface area contributed by atoms with E-state index in [0.29, 0.717) is 19.3 Å². The number of allylic oxidation sites excluding steroid dienone is 26. The molecular formula is C67H104O6. The number of carbonyl (C=O) groups excluding carboxylic acids is 3. The van der Waals surface area contributed by atoms with Gasteiger partial charge in [-0.15, -0.1) is 0 Å². The Morgan fingerprint density at radius 3 is 1.03 bits per heavy atom. The Labute approximate surface area is 448 Å². The molecular weight excluding hydrogens is 901 g/mol. The van der Waals surface area contributed by atoms with E-state index < -0.39 is 6.10 Å². The zero-order chi connectivity index (χ0) is 52.9. The number of hydrogen-bond donors (Lipinski definition) is 0. The Morgan fingerprint density at radius 1 is 0.301 bits per heavy atom. The molecule has 0 aliphatic rings. The molecule has 0 saturated heterocycles. The number of unbranched alkanes of at least 4 members (excludes halogenated alkanes) is 19. The second-order valence-electron chi connectivity index (χ2n) is 18.6. The van der Waals surface area contributed by atoms with Crippen LogP contribution in [0.25, 0.3) is 0 Å². The summed E-state index contributed by atoms with van der Waals surface area (Å²) in [6, 6.07) is 0. The lowest BCUT2D eigenvalue weighted by Gasteiger charge is -2.18. The van der Waals surface area contributed by atoms with Crippen molar-refractivity contribution < 1.29 is 28.6 Å². The quantitative estimate of drug-likeness (QED) is 0.0199. The Hall–Kier alpha value is -4.97. The standard InChI is InChI=1S/C67H104O6/c1-4-7-10-13-16-19-22-25-28-31-33-36-39-42-45-48-51-54-57-60-66(69)72-63-64(62-71-65(68)59-56-53-50-47-44-41-38-35-30-27-24-21-18-15-12-9-6-3)73-67(70)61-58-55-52-49-46-43-40-37-34-32-29-26-23-20-17-14-11-8-5-2/h7,9-10,12,15-21,23-28,30,33,35-36,38,41-42,44-45,64H,4-6,8,11,13-14,22,29,31-32,34,37,39-40,43,46-63H2,1-3H3/b10-7-,12-9-,18-15-,19-16-,20-17-,24-21-,26-23-,28-25-,30-27-,36-33-,38-35+,44-41-,45-42-. The topological polar surface area (TPSA) is 78.9 Å². The molecule has 0 aromatic rings. The summed E-state index contributed by atoms with van der Waals surface area (Å²) in [4.78, 5) is 38.2. The second-order valence-corrected chi connectivity index (χ2v) is 18.6. The van der Waals surface area contributed by atoms with E-state index in [1.807, 2.05) is 60.8 Å². The third kappa shape index (κ3) is 57.8. The van der Waals surface area contributed by atoms with Gasteiger partial charge >= 0.3 is 17.9 Å². The Kier molecular flexibility index (Phi) is 55.5. The first kappa shape index (κ1) is 68.0. The monoisotopic (exact) mass is 1000 g/mol. The van der Waals surface area contributed by atoms with E-state index in [9.17, 15) is 14.4 Å². The fourth-order valence-corrected chi connectivity index (χ4v) is 7.37. The molecule has 408 valence electrons. The van der Waals surface area contributed by atoms with E-state index >= 15 is 0 Å². The van der Waals surface area contributed by atoms with Crippen molar-refractivity contribution in [3.05, 3.63) is 158 Å². The molecule has 0 saturated carbocycles. The molecule has 6 nitrogen and oxygen atoms in total. The molecule has 0 N–H and O–H groups in total. The van der Waals surface area contributed by atoms with Crippen LogP contribution < -0.4 is 0 Å². The highest BCUT2D eigenvalue weighted by molar-refractivity contribution is 5.71. The lowest BCUT2D eigenvalue weighted by Crippen LogP contribution is -2.30. The average Bonchev–Trinajstić information content (AvgIpc) is 3.39. The maximum Gasteiger partial charge on any atom is 0.306 e. The fourth-order valence-electron chi connectivity index (χ4n) is 7.37. The van der Waals surface area contributed by atoms with Crippen LogP contribution in [0.15, 0.2) is 158 Å². The highest BCUT2D eigenvalue weighted by atomic mass is 16.6. The van der Waals surface area contributed by atoms with Crippen LogP contribution in [0, 0.1) is 0 Å². The van der Waals surface area contributed by atoms with Gasteiger partial charge in [0.1, 0.15) is 13.2 Å². The van der Waals surface area contributed by atoms with E-state index in [2.05, 4.69) is 118 Å². The van der Waals surface area contributed by atoms with E-state index in [1.165, 1.54) is 77.0 Å². The van der Waals surface area contributed by atoms with Crippen molar-refractivity contribution in [3.63, 3.8) is 0 Å². The zero-order valence-electron chi connectivity index (χ0n) is 46.6. The van der Waals surface area contributed by atoms with E-state index in [0.717, 1.165) is 109 Å². The van der Waals surface area contributed by atoms with Crippen LogP contribution >= 0.6 is 0 Å². The predicted octanol–water partition coefficient (Wildman–Crippen LogP) is 19.8. The molecule has 1 unspecified atom stereocenters. The van der Waals surface area contributed by atoms with Crippen molar-refractivity contribution in [1.29, 1.82) is 0 Å². The first-order valence-corrected chi connectivity index (χ1v) is 29.1. The van der Waals surface area contributed by atoms with Crippen LogP contribution in [-0.4, -0.2) is 37.2 Å². The maximum atomic E-state index is 12.9. The van der Waals surface area contributed by atoms with Gasteiger partial charge in [-0.05, 0) is 109 Å². The molecule has 0 rings (SSSR count). The molecule has 0 amide bonds. The highest BCUT2D eigenvalue weighted by Gasteiger charge is 2.19. The Morgan fingerprint density at radius 2 is 0.603 bits per heavy atom. The number of hydrogen-bond acceptors (Lipinski definition) is 6. The van der Waals surface area contributed by atoms with Crippen LogP contribution in [0.5, 0.6) is 0 Å². The van der Waals surface area contributed by atoms with Gasteiger partial charge in [0, 0.05) is 19.3 Å². The van der Waals surface area contributed by atoms with Crippen molar-refractivity contribution >= 4 is 17.9 Å². The molecule has 1 atom stereocenters. The van der Waals surface area contributed by atoms with Crippen molar-refractivity contribution in [2.45, 2.75) is 232 Å². The summed E-state index contributed by atoms with van der Waals surface area (Å²) in [5, 5.41) is 0. The second kappa shape index (κ2) is 59.6. The predicted molar refractivity (Wildman–Crippen MR) is 315 cm³/mol. The van der Waals surface area contributed by atoms with Gasteiger partial charge in [-0.2, -0.15) is 0 Å². The Balaban J connectivity index is 4.57. The van der Waals surface area contributed by atoms with Gasteiger partial charge in [0.25, 0.3) is 0 Å². The van der Waals surface area contributed by atoms with Crippen molar-refractivity contribution in [2.75, 3.05) is 13.2 Å². The van der Waals surface area contributed by atoms with Crippen LogP contribution in [-0.2, 0) is 28.6 Å². The first-order valence-electron chi connectivity index (χ1n) is 29.1. The van der Waals surface area contributed by atoms with E-state index in [4.69, 9.17) is 14.2 Å². The number of ether oxygens (including phenoxy) is 3. The molecule has 73 heavy (non-hydrogen) atoms. The third-order valence-electron chi connectivity index (χ3n) is 11.7. The minimum absolute atomic E-state index is 0.118. The minimum Gasteiger partial charge on any atom is -0.462 e. The molecule has 0 aromatic carbocycles. The molecule has 0 radical (unpaired) electrons. The largest absolute Gasteiger partial charge is 0.462 e. The minimum atomic E-state index is -0.821. The van der Waals surface area contributed by atoms with E-state index in [1.54, 1.807) is 0 Å². The normalized spacial score (nSPS) is 13.3. The van der Waals surface area contributed by atoms with Gasteiger partial charge in [0.2, 0.25) is 0 Å². The third-order valence-corrected chi connectivity index (χ3v) is 11.7. The van der Waals surface area contributed by atoms with Crippen LogP contribution in [0.2, 0.25) is 0 Å². The summed E-state index contributed by atoms with van der Waals surface area (Å²) in [5.41, 5.74) is 0. The molecule has 0 heterocycles. The Bertz CT molecular complexity index is 1670. The SMILES string of the molecule is CC\C=C/C=C\C=C/C=C\C=C\C=C/CCCCCC(=O)OCC(COC(=O)CCCCC/C=C\C/C=C\C/C=C\C/C=C\C/C=C\CC)OC(=O)CCCCCCCCCCCC/C=C\C=C/CCCCC. The summed E-state index contributed by atoms with van der Waals surface area (Å²) in [6.45, 7) is 6.27. The van der Waals surface area contributed by atoms with Gasteiger partial charge < -0.3 is 14.2 Å². The van der Waals surface area contributed by atoms with Gasteiger partial charge in [0.15, 0.2) is 6.10 Å². The van der Waals surface area contributed by atoms with Crippen molar-refractivity contribution in [2.24, 2.45) is 0 Å². The summed E-state index contributed by atoms with van der Waals surface area (Å²) < 4.78 is 16.8. The van der Waals surface area contributed by atoms with Gasteiger partial charge in [-0.25, -0.2) is 0 Å². The highest BCUT2D eigenvalue weighted by Crippen LogP contribution is 2.14. The summed E-state index contributed by atoms with van der Waals surface area (Å²) in [6.07, 6.45) is 86.5. The maximum absolute atomic E-state index is 12.9. The first-order chi connectivity index (χ1) is 36.0. The number of esters is 3. The lowest BCUT2D eigenvalue weighted by atomic mass is 10.1.